The second kappa shape index (κ2) is 9.65. The third kappa shape index (κ3) is 4.80. The largest absolute Gasteiger partial charge is 0.497 e. The monoisotopic (exact) mass is 484 g/mol. The molecule has 2 heterocycles. The van der Waals surface area contributed by atoms with Gasteiger partial charge in [0.15, 0.2) is 17.8 Å². The number of aromatic nitrogens is 1. The number of amides is 2. The first kappa shape index (κ1) is 23.5. The highest BCUT2D eigenvalue weighted by Crippen LogP contribution is 2.27. The first-order chi connectivity index (χ1) is 16.3. The molecule has 1 aromatic heterocycles. The summed E-state index contributed by atoms with van der Waals surface area (Å²) in [6.07, 6.45) is 1.22. The zero-order valence-corrected chi connectivity index (χ0v) is 19.5. The van der Waals surface area contributed by atoms with Crippen molar-refractivity contribution in [2.24, 2.45) is 0 Å². The summed E-state index contributed by atoms with van der Waals surface area (Å²) in [6.45, 7) is 2.12. The molecule has 178 valence electrons. The van der Waals surface area contributed by atoms with E-state index in [1.54, 1.807) is 48.4 Å². The molecule has 1 aliphatic heterocycles. The summed E-state index contributed by atoms with van der Waals surface area (Å²) in [6, 6.07) is 13.1. The maximum absolute atomic E-state index is 13.1. The minimum absolute atomic E-state index is 0.125. The maximum atomic E-state index is 13.1. The average Bonchev–Trinajstić information content (AvgIpc) is 3.34. The van der Waals surface area contributed by atoms with Gasteiger partial charge in [0.05, 0.1) is 12.0 Å². The zero-order valence-electron chi connectivity index (χ0n) is 18.7. The molecule has 1 aliphatic rings. The fourth-order valence-electron chi connectivity index (χ4n) is 3.69. The van der Waals surface area contributed by atoms with Crippen molar-refractivity contribution in [1.29, 1.82) is 0 Å². The number of sulfonamides is 1. The maximum Gasteiger partial charge on any atom is 0.276 e. The summed E-state index contributed by atoms with van der Waals surface area (Å²) < 4.78 is 38.0. The van der Waals surface area contributed by atoms with Crippen LogP contribution in [0.25, 0.3) is 11.3 Å². The third-order valence-corrected chi connectivity index (χ3v) is 7.37. The lowest BCUT2D eigenvalue weighted by atomic mass is 10.1. The van der Waals surface area contributed by atoms with Crippen LogP contribution in [0.1, 0.15) is 17.4 Å². The lowest BCUT2D eigenvalue weighted by molar-refractivity contribution is -0.114. The van der Waals surface area contributed by atoms with Crippen molar-refractivity contribution in [3.63, 3.8) is 0 Å². The molecule has 0 radical (unpaired) electrons. The molecule has 34 heavy (non-hydrogen) atoms. The van der Waals surface area contributed by atoms with E-state index in [0.29, 0.717) is 22.8 Å². The number of piperazine rings is 1. The number of anilines is 1. The topological polar surface area (TPSA) is 122 Å². The minimum atomic E-state index is -3.73. The molecule has 0 spiro atoms. The van der Waals surface area contributed by atoms with Crippen LogP contribution in [0.15, 0.2) is 64.2 Å². The van der Waals surface area contributed by atoms with Gasteiger partial charge in [-0.3, -0.25) is 9.59 Å². The quantitative estimate of drug-likeness (QED) is 0.570. The van der Waals surface area contributed by atoms with E-state index >= 15 is 0 Å². The Morgan fingerprint density at radius 2 is 1.65 bits per heavy atom. The van der Waals surface area contributed by atoms with Crippen LogP contribution in [-0.2, 0) is 14.8 Å². The molecule has 11 heteroatoms. The highest BCUT2D eigenvalue weighted by molar-refractivity contribution is 7.89. The number of carbonyl (C=O) groups excluding carboxylic acids is 2. The van der Waals surface area contributed by atoms with Crippen LogP contribution in [-0.4, -0.2) is 67.7 Å². The Balaban J connectivity index is 1.43. The van der Waals surface area contributed by atoms with Crippen LogP contribution in [0.5, 0.6) is 5.75 Å². The van der Waals surface area contributed by atoms with E-state index in [0.717, 1.165) is 0 Å². The number of hydrogen-bond acceptors (Lipinski definition) is 7. The number of hydrogen-bond donors (Lipinski definition) is 1. The molecule has 1 N–H and O–H groups in total. The average molecular weight is 485 g/mol. The number of ether oxygens (including phenoxy) is 1. The van der Waals surface area contributed by atoms with Crippen molar-refractivity contribution >= 4 is 27.5 Å². The van der Waals surface area contributed by atoms with Crippen LogP contribution < -0.4 is 10.1 Å². The van der Waals surface area contributed by atoms with Gasteiger partial charge in [-0.2, -0.15) is 4.31 Å². The fraction of sp³-hybridized carbons (Fsp3) is 0.261. The Bertz CT molecular complexity index is 1280. The molecule has 0 saturated carbocycles. The molecule has 2 aromatic carbocycles. The number of methoxy groups -OCH3 is 1. The minimum Gasteiger partial charge on any atom is -0.497 e. The Morgan fingerprint density at radius 3 is 2.24 bits per heavy atom. The van der Waals surface area contributed by atoms with Gasteiger partial charge in [-0.1, -0.05) is 0 Å². The highest BCUT2D eigenvalue weighted by atomic mass is 32.2. The molecule has 1 saturated heterocycles. The predicted octanol–water partition coefficient (Wildman–Crippen LogP) is 2.46. The van der Waals surface area contributed by atoms with Crippen LogP contribution in [0.4, 0.5) is 5.69 Å². The summed E-state index contributed by atoms with van der Waals surface area (Å²) in [5.41, 5.74) is 1.38. The molecule has 10 nitrogen and oxygen atoms in total. The van der Waals surface area contributed by atoms with E-state index in [1.165, 1.54) is 29.8 Å². The normalized spacial score (nSPS) is 14.6. The van der Waals surface area contributed by atoms with Crippen LogP contribution in [0.2, 0.25) is 0 Å². The van der Waals surface area contributed by atoms with E-state index in [-0.39, 0.29) is 48.6 Å². The summed E-state index contributed by atoms with van der Waals surface area (Å²) in [5, 5.41) is 2.61. The van der Waals surface area contributed by atoms with E-state index in [4.69, 9.17) is 9.15 Å². The zero-order chi connectivity index (χ0) is 24.3. The smallest absolute Gasteiger partial charge is 0.276 e. The van der Waals surface area contributed by atoms with Gasteiger partial charge in [0, 0.05) is 44.4 Å². The number of oxazole rings is 1. The van der Waals surface area contributed by atoms with Gasteiger partial charge in [-0.15, -0.1) is 0 Å². The van der Waals surface area contributed by atoms with Gasteiger partial charge in [0.25, 0.3) is 5.91 Å². The van der Waals surface area contributed by atoms with Gasteiger partial charge in [-0.25, -0.2) is 13.4 Å². The van der Waals surface area contributed by atoms with Crippen molar-refractivity contribution < 1.29 is 27.2 Å². The summed E-state index contributed by atoms with van der Waals surface area (Å²) in [4.78, 5) is 30.1. The Morgan fingerprint density at radius 1 is 1.00 bits per heavy atom. The number of benzene rings is 2. The van der Waals surface area contributed by atoms with Gasteiger partial charge >= 0.3 is 0 Å². The van der Waals surface area contributed by atoms with Gasteiger partial charge in [0.2, 0.25) is 15.9 Å². The van der Waals surface area contributed by atoms with E-state index in [9.17, 15) is 18.0 Å². The van der Waals surface area contributed by atoms with E-state index in [1.807, 2.05) is 0 Å². The molecule has 0 bridgehead atoms. The Kier molecular flexibility index (Phi) is 6.66. The van der Waals surface area contributed by atoms with Crippen LogP contribution >= 0.6 is 0 Å². The summed E-state index contributed by atoms with van der Waals surface area (Å²) in [5.74, 6) is 0.468. The van der Waals surface area contributed by atoms with Gasteiger partial charge in [-0.05, 0) is 48.5 Å². The second-order valence-corrected chi connectivity index (χ2v) is 9.60. The molecule has 0 unspecified atom stereocenters. The van der Waals surface area contributed by atoms with Gasteiger partial charge in [0.1, 0.15) is 5.75 Å². The van der Waals surface area contributed by atoms with Crippen LogP contribution in [0, 0.1) is 0 Å². The summed E-state index contributed by atoms with van der Waals surface area (Å²) >= 11 is 0. The molecule has 0 atom stereocenters. The standard InChI is InChI=1S/C23H24N4O6S/c1-16(28)25-18-5-9-20(10-6-18)34(30,31)27-13-11-26(12-14-27)23(29)21-22(33-15-24-21)17-3-7-19(32-2)8-4-17/h3-10,15H,11-14H2,1-2H3,(H,25,28). The third-order valence-electron chi connectivity index (χ3n) is 5.46. The molecular weight excluding hydrogens is 460 g/mol. The number of carbonyl (C=O) groups is 2. The SMILES string of the molecule is COc1ccc(-c2ocnc2C(=O)N2CCN(S(=O)(=O)c3ccc(NC(C)=O)cc3)CC2)cc1. The van der Waals surface area contributed by atoms with E-state index in [2.05, 4.69) is 10.3 Å². The lowest BCUT2D eigenvalue weighted by Crippen LogP contribution is -2.50. The summed E-state index contributed by atoms with van der Waals surface area (Å²) in [7, 11) is -2.16. The van der Waals surface area contributed by atoms with E-state index < -0.39 is 10.0 Å². The van der Waals surface area contributed by atoms with Crippen molar-refractivity contribution in [3.05, 3.63) is 60.6 Å². The molecule has 4 rings (SSSR count). The molecular formula is C23H24N4O6S. The second-order valence-electron chi connectivity index (χ2n) is 7.66. The Labute approximate surface area is 197 Å². The van der Waals surface area contributed by atoms with Crippen molar-refractivity contribution in [2.45, 2.75) is 11.8 Å². The first-order valence-corrected chi connectivity index (χ1v) is 12.0. The molecule has 2 amide bonds. The molecule has 0 aliphatic carbocycles. The first-order valence-electron chi connectivity index (χ1n) is 10.5. The molecule has 3 aromatic rings. The van der Waals surface area contributed by atoms with Crippen molar-refractivity contribution in [3.8, 4) is 17.1 Å². The Hall–Kier alpha value is -3.70. The lowest BCUT2D eigenvalue weighted by Gasteiger charge is -2.33. The number of nitrogens with zero attached hydrogens (tertiary/aromatic N) is 3. The molecule has 1 fully saturated rings. The van der Waals surface area contributed by atoms with Crippen LogP contribution in [0.3, 0.4) is 0 Å². The number of nitrogens with one attached hydrogen (secondary N) is 1. The number of rotatable bonds is 6. The van der Waals surface area contributed by atoms with Crippen molar-refractivity contribution in [1.82, 2.24) is 14.2 Å². The fourth-order valence-corrected chi connectivity index (χ4v) is 5.11. The van der Waals surface area contributed by atoms with Crippen molar-refractivity contribution in [2.75, 3.05) is 38.6 Å². The van der Waals surface area contributed by atoms with Gasteiger partial charge < -0.3 is 19.4 Å². The predicted molar refractivity (Wildman–Crippen MR) is 124 cm³/mol. The highest BCUT2D eigenvalue weighted by Gasteiger charge is 2.32.